The Hall–Kier alpha value is -2.57. The Balaban J connectivity index is 1.52. The molecule has 28 heavy (non-hydrogen) atoms. The highest BCUT2D eigenvalue weighted by Crippen LogP contribution is 2.33. The summed E-state index contributed by atoms with van der Waals surface area (Å²) in [4.78, 5) is 14.1. The van der Waals surface area contributed by atoms with Gasteiger partial charge in [-0.25, -0.2) is 0 Å². The van der Waals surface area contributed by atoms with Crippen LogP contribution in [-0.2, 0) is 4.74 Å². The fourth-order valence-electron chi connectivity index (χ4n) is 3.79. The van der Waals surface area contributed by atoms with E-state index in [9.17, 15) is 4.79 Å². The van der Waals surface area contributed by atoms with Gasteiger partial charge < -0.3 is 24.4 Å². The van der Waals surface area contributed by atoms with Gasteiger partial charge in [0, 0.05) is 11.1 Å². The van der Waals surface area contributed by atoms with Crippen LogP contribution in [0.5, 0.6) is 11.5 Å². The maximum atomic E-state index is 12.7. The van der Waals surface area contributed by atoms with Crippen molar-refractivity contribution in [3.05, 3.63) is 58.7 Å². The number of hydrogen-bond donors (Lipinski definition) is 2. The summed E-state index contributed by atoms with van der Waals surface area (Å²) >= 11 is 0. The quantitative estimate of drug-likeness (QED) is 0.820. The summed E-state index contributed by atoms with van der Waals surface area (Å²) in [5.74, 6) is 1.51. The summed E-state index contributed by atoms with van der Waals surface area (Å²) in [5, 5.41) is 3.14. The number of rotatable bonds is 5. The first-order valence-corrected chi connectivity index (χ1v) is 9.79. The SMILES string of the molecule is Cc1ccc(C(=O)NC[C@@H](c2ccc3c(c2)OCO3)[NH+]2CCOCC2)cc1C. The van der Waals surface area contributed by atoms with E-state index in [1.165, 1.54) is 10.5 Å². The molecule has 1 fully saturated rings. The first kappa shape index (κ1) is 18.8. The molecule has 2 heterocycles. The normalized spacial score (nSPS) is 17.4. The van der Waals surface area contributed by atoms with E-state index in [1.807, 2.05) is 37.3 Å². The third kappa shape index (κ3) is 3.98. The van der Waals surface area contributed by atoms with Crippen LogP contribution in [0.15, 0.2) is 36.4 Å². The standard InChI is InChI=1S/C22H26N2O4/c1-15-3-4-18(11-16(15)2)22(25)23-13-19(24-7-9-26-10-8-24)17-5-6-20-21(12-17)28-14-27-20/h3-6,11-12,19H,7-10,13-14H2,1-2H3,(H,23,25)/p+1/t19-/m0/s1. The molecule has 0 bridgehead atoms. The van der Waals surface area contributed by atoms with Crippen molar-refractivity contribution in [1.82, 2.24) is 5.32 Å². The molecular weight excluding hydrogens is 356 g/mol. The minimum absolute atomic E-state index is 0.0403. The van der Waals surface area contributed by atoms with E-state index in [1.54, 1.807) is 0 Å². The molecule has 4 rings (SSSR count). The number of nitrogens with one attached hydrogen (secondary N) is 2. The first-order chi connectivity index (χ1) is 13.6. The molecule has 2 aliphatic heterocycles. The number of quaternary nitrogens is 1. The maximum Gasteiger partial charge on any atom is 0.251 e. The van der Waals surface area contributed by atoms with Crippen molar-refractivity contribution in [3.8, 4) is 11.5 Å². The largest absolute Gasteiger partial charge is 0.454 e. The molecule has 0 radical (unpaired) electrons. The van der Waals surface area contributed by atoms with Crippen molar-refractivity contribution in [1.29, 1.82) is 0 Å². The van der Waals surface area contributed by atoms with Gasteiger partial charge >= 0.3 is 0 Å². The van der Waals surface area contributed by atoms with E-state index in [4.69, 9.17) is 14.2 Å². The number of benzene rings is 2. The summed E-state index contributed by atoms with van der Waals surface area (Å²) in [5.41, 5.74) is 4.15. The molecule has 1 saturated heterocycles. The summed E-state index contributed by atoms with van der Waals surface area (Å²) in [6.07, 6.45) is 0. The lowest BCUT2D eigenvalue weighted by molar-refractivity contribution is -0.937. The van der Waals surface area contributed by atoms with Gasteiger partial charge in [0.25, 0.3) is 5.91 Å². The Kier molecular flexibility index (Phi) is 5.50. The predicted octanol–water partition coefficient (Wildman–Crippen LogP) is 1.42. The van der Waals surface area contributed by atoms with Crippen molar-refractivity contribution in [2.24, 2.45) is 0 Å². The molecule has 0 unspecified atom stereocenters. The number of aryl methyl sites for hydroxylation is 2. The summed E-state index contributed by atoms with van der Waals surface area (Å²) in [6, 6.07) is 12.0. The van der Waals surface area contributed by atoms with Crippen LogP contribution >= 0.6 is 0 Å². The van der Waals surface area contributed by atoms with Gasteiger partial charge in [0.05, 0.1) is 19.8 Å². The Morgan fingerprint density at radius 3 is 2.61 bits per heavy atom. The van der Waals surface area contributed by atoms with Crippen LogP contribution in [-0.4, -0.2) is 45.5 Å². The lowest BCUT2D eigenvalue weighted by atomic mass is 10.0. The molecule has 0 spiro atoms. The Labute approximate surface area is 165 Å². The molecule has 2 aliphatic rings. The summed E-state index contributed by atoms with van der Waals surface area (Å²) in [7, 11) is 0. The van der Waals surface area contributed by atoms with Gasteiger partial charge in [-0.15, -0.1) is 0 Å². The lowest BCUT2D eigenvalue weighted by Gasteiger charge is -2.32. The number of carbonyl (C=O) groups is 1. The summed E-state index contributed by atoms with van der Waals surface area (Å²) in [6.45, 7) is 8.20. The van der Waals surface area contributed by atoms with Gasteiger partial charge in [0.15, 0.2) is 11.5 Å². The molecule has 148 valence electrons. The highest BCUT2D eigenvalue weighted by molar-refractivity contribution is 5.94. The van der Waals surface area contributed by atoms with E-state index >= 15 is 0 Å². The number of amides is 1. The third-order valence-corrected chi connectivity index (χ3v) is 5.66. The fourth-order valence-corrected chi connectivity index (χ4v) is 3.79. The average Bonchev–Trinajstić information content (AvgIpc) is 3.19. The molecule has 0 saturated carbocycles. The Morgan fingerprint density at radius 1 is 1.04 bits per heavy atom. The van der Waals surface area contributed by atoms with Crippen LogP contribution in [0.25, 0.3) is 0 Å². The van der Waals surface area contributed by atoms with Crippen molar-refractivity contribution >= 4 is 5.91 Å². The topological polar surface area (TPSA) is 61.2 Å². The van der Waals surface area contributed by atoms with Gasteiger partial charge in [-0.05, 0) is 55.3 Å². The third-order valence-electron chi connectivity index (χ3n) is 5.66. The smallest absolute Gasteiger partial charge is 0.251 e. The highest BCUT2D eigenvalue weighted by Gasteiger charge is 2.28. The zero-order valence-electron chi connectivity index (χ0n) is 16.4. The van der Waals surface area contributed by atoms with Gasteiger partial charge in [-0.2, -0.15) is 0 Å². The second-order valence-corrected chi connectivity index (χ2v) is 7.44. The van der Waals surface area contributed by atoms with Crippen molar-refractivity contribution in [2.45, 2.75) is 19.9 Å². The molecule has 2 N–H and O–H groups in total. The predicted molar refractivity (Wildman–Crippen MR) is 105 cm³/mol. The molecule has 0 aliphatic carbocycles. The van der Waals surface area contributed by atoms with Crippen LogP contribution in [0.2, 0.25) is 0 Å². The zero-order valence-corrected chi connectivity index (χ0v) is 16.4. The van der Waals surface area contributed by atoms with E-state index in [-0.39, 0.29) is 18.7 Å². The van der Waals surface area contributed by atoms with Crippen molar-refractivity contribution < 1.29 is 23.9 Å². The molecular formula is C22H27N2O4+. The molecule has 2 aromatic carbocycles. The Bertz CT molecular complexity index is 862. The zero-order chi connectivity index (χ0) is 19.5. The van der Waals surface area contributed by atoms with Crippen LogP contribution in [0, 0.1) is 13.8 Å². The number of carbonyl (C=O) groups excluding carboxylic acids is 1. The van der Waals surface area contributed by atoms with Crippen molar-refractivity contribution in [2.75, 3.05) is 39.6 Å². The van der Waals surface area contributed by atoms with Gasteiger partial charge in [-0.1, -0.05) is 6.07 Å². The molecule has 6 nitrogen and oxygen atoms in total. The van der Waals surface area contributed by atoms with Crippen LogP contribution in [0.3, 0.4) is 0 Å². The van der Waals surface area contributed by atoms with Crippen LogP contribution in [0.1, 0.15) is 33.1 Å². The summed E-state index contributed by atoms with van der Waals surface area (Å²) < 4.78 is 16.5. The molecule has 2 aromatic rings. The number of ether oxygens (including phenoxy) is 3. The minimum Gasteiger partial charge on any atom is -0.454 e. The monoisotopic (exact) mass is 383 g/mol. The van der Waals surface area contributed by atoms with E-state index in [0.29, 0.717) is 12.1 Å². The maximum absolute atomic E-state index is 12.7. The lowest BCUT2D eigenvalue weighted by Crippen LogP contribution is -3.15. The molecule has 6 heteroatoms. The van der Waals surface area contributed by atoms with Gasteiger partial charge in [0.2, 0.25) is 6.79 Å². The van der Waals surface area contributed by atoms with Gasteiger partial charge in [0.1, 0.15) is 19.1 Å². The molecule has 1 amide bonds. The Morgan fingerprint density at radius 2 is 1.82 bits per heavy atom. The first-order valence-electron chi connectivity index (χ1n) is 9.79. The van der Waals surface area contributed by atoms with E-state index in [0.717, 1.165) is 48.9 Å². The van der Waals surface area contributed by atoms with E-state index < -0.39 is 0 Å². The van der Waals surface area contributed by atoms with Crippen molar-refractivity contribution in [3.63, 3.8) is 0 Å². The van der Waals surface area contributed by atoms with Gasteiger partial charge in [-0.3, -0.25) is 4.79 Å². The van der Waals surface area contributed by atoms with Crippen LogP contribution in [0.4, 0.5) is 0 Å². The highest BCUT2D eigenvalue weighted by atomic mass is 16.7. The second kappa shape index (κ2) is 8.20. The number of morpholine rings is 1. The minimum atomic E-state index is -0.0403. The molecule has 0 aromatic heterocycles. The number of hydrogen-bond acceptors (Lipinski definition) is 4. The second-order valence-electron chi connectivity index (χ2n) is 7.44. The van der Waals surface area contributed by atoms with Crippen LogP contribution < -0.4 is 19.7 Å². The van der Waals surface area contributed by atoms with E-state index in [2.05, 4.69) is 18.3 Å². The number of fused-ring (bicyclic) bond motifs is 1. The average molecular weight is 383 g/mol. The fraction of sp³-hybridized carbons (Fsp3) is 0.409. The molecule has 1 atom stereocenters.